The van der Waals surface area contributed by atoms with E-state index in [9.17, 15) is 9.59 Å². The summed E-state index contributed by atoms with van der Waals surface area (Å²) in [6, 6.07) is 12.8. The Hall–Kier alpha value is -2.34. The summed E-state index contributed by atoms with van der Waals surface area (Å²) in [4.78, 5) is 29.1. The molecule has 0 spiro atoms. The van der Waals surface area contributed by atoms with E-state index in [1.165, 1.54) is 24.5 Å². The minimum absolute atomic E-state index is 0.182. The molecule has 3 unspecified atom stereocenters. The number of rotatable bonds is 4. The molecule has 0 aliphatic carbocycles. The van der Waals surface area contributed by atoms with Crippen molar-refractivity contribution in [1.82, 2.24) is 15.0 Å². The smallest absolute Gasteiger partial charge is 0.280 e. The molecule has 6 nitrogen and oxygen atoms in total. The van der Waals surface area contributed by atoms with Crippen LogP contribution < -0.4 is 5.56 Å². The van der Waals surface area contributed by atoms with Crippen molar-refractivity contribution in [3.05, 3.63) is 58.1 Å². The van der Waals surface area contributed by atoms with E-state index >= 15 is 0 Å². The van der Waals surface area contributed by atoms with E-state index in [-0.39, 0.29) is 11.5 Å². The maximum atomic E-state index is 13.1. The summed E-state index contributed by atoms with van der Waals surface area (Å²) in [5.41, 5.74) is 1.09. The van der Waals surface area contributed by atoms with Gasteiger partial charge in [-0.1, -0.05) is 30.3 Å². The number of fused-ring (bicyclic) bond motifs is 2. The van der Waals surface area contributed by atoms with Crippen LogP contribution in [0, 0.1) is 5.92 Å². The lowest BCUT2D eigenvalue weighted by Gasteiger charge is -2.51. The van der Waals surface area contributed by atoms with Crippen molar-refractivity contribution < 1.29 is 9.32 Å². The van der Waals surface area contributed by atoms with Crippen LogP contribution in [0.5, 0.6) is 0 Å². The Labute approximate surface area is 158 Å². The minimum atomic E-state index is -0.250. The summed E-state index contributed by atoms with van der Waals surface area (Å²) in [5.74, 6) is 1.73. The monoisotopic (exact) mass is 367 g/mol. The van der Waals surface area contributed by atoms with Crippen molar-refractivity contribution in [3.8, 4) is 0 Å². The van der Waals surface area contributed by atoms with Gasteiger partial charge in [0.05, 0.1) is 6.04 Å². The van der Waals surface area contributed by atoms with Crippen LogP contribution in [0.15, 0.2) is 45.7 Å². The normalized spacial score (nSPS) is 31.9. The summed E-state index contributed by atoms with van der Waals surface area (Å²) >= 11 is 0. The van der Waals surface area contributed by atoms with Crippen molar-refractivity contribution in [2.75, 3.05) is 19.6 Å². The van der Waals surface area contributed by atoms with Gasteiger partial charge in [-0.25, -0.2) is 0 Å². The Balaban J connectivity index is 1.38. The number of carbonyl (C=O) groups is 1. The summed E-state index contributed by atoms with van der Waals surface area (Å²) in [5, 5.41) is 2.30. The first kappa shape index (κ1) is 16.8. The number of nitrogens with one attached hydrogen (secondary N) is 1. The molecule has 27 heavy (non-hydrogen) atoms. The molecule has 4 fully saturated rings. The lowest BCUT2D eigenvalue weighted by atomic mass is 9.75. The second-order valence-electron chi connectivity index (χ2n) is 8.10. The van der Waals surface area contributed by atoms with Crippen LogP contribution in [0.1, 0.15) is 36.5 Å². The van der Waals surface area contributed by atoms with Gasteiger partial charge >= 0.3 is 0 Å². The number of hydrogen-bond donors (Lipinski definition) is 1. The Morgan fingerprint density at radius 3 is 2.63 bits per heavy atom. The molecule has 5 heterocycles. The van der Waals surface area contributed by atoms with Crippen LogP contribution in [0.2, 0.25) is 0 Å². The molecular weight excluding hydrogens is 342 g/mol. The van der Waals surface area contributed by atoms with Crippen LogP contribution in [0.25, 0.3) is 0 Å². The Bertz CT molecular complexity index is 866. The second-order valence-corrected chi connectivity index (χ2v) is 8.10. The first-order chi connectivity index (χ1) is 13.2. The lowest BCUT2D eigenvalue weighted by molar-refractivity contribution is -0.136. The number of benzene rings is 1. The maximum absolute atomic E-state index is 13.1. The molecule has 1 aromatic carbocycles. The van der Waals surface area contributed by atoms with E-state index in [1.54, 1.807) is 0 Å². The van der Waals surface area contributed by atoms with Gasteiger partial charge < -0.3 is 9.42 Å². The number of hydrogen-bond acceptors (Lipinski definition) is 4. The first-order valence-corrected chi connectivity index (χ1v) is 9.96. The van der Waals surface area contributed by atoms with Gasteiger partial charge in [-0.05, 0) is 37.4 Å². The summed E-state index contributed by atoms with van der Waals surface area (Å²) < 4.78 is 5.11. The van der Waals surface area contributed by atoms with Gasteiger partial charge in [0.15, 0.2) is 0 Å². The van der Waals surface area contributed by atoms with E-state index < -0.39 is 0 Å². The number of H-pyrrole nitrogens is 1. The number of aryl methyl sites for hydroxylation is 1. The maximum Gasteiger partial charge on any atom is 0.280 e. The quantitative estimate of drug-likeness (QED) is 0.897. The number of aromatic nitrogens is 1. The van der Waals surface area contributed by atoms with Crippen molar-refractivity contribution in [3.63, 3.8) is 0 Å². The molecule has 4 saturated heterocycles. The SMILES string of the molecule is O=C(CCc1cc(=O)[nH]o1)N1CC(c2ccccc2)C2C1C1CCN2CC1. The molecular formula is C21H25N3O3. The molecule has 1 amide bonds. The zero-order valence-corrected chi connectivity index (χ0v) is 15.3. The van der Waals surface area contributed by atoms with Crippen LogP contribution >= 0.6 is 0 Å². The van der Waals surface area contributed by atoms with Gasteiger partial charge in [0.1, 0.15) is 5.76 Å². The van der Waals surface area contributed by atoms with Crippen LogP contribution in [0.4, 0.5) is 0 Å². The number of aromatic amines is 1. The van der Waals surface area contributed by atoms with Gasteiger partial charge in [0.2, 0.25) is 5.91 Å². The Morgan fingerprint density at radius 2 is 1.93 bits per heavy atom. The number of carbonyl (C=O) groups excluding carboxylic acids is 1. The number of amides is 1. The highest BCUT2D eigenvalue weighted by molar-refractivity contribution is 5.77. The van der Waals surface area contributed by atoms with E-state index in [0.29, 0.717) is 42.5 Å². The van der Waals surface area contributed by atoms with E-state index in [0.717, 1.165) is 19.6 Å². The molecule has 2 aromatic rings. The average Bonchev–Trinajstić information content (AvgIpc) is 3.33. The number of nitrogens with zero attached hydrogens (tertiary/aromatic N) is 2. The molecule has 0 radical (unpaired) electrons. The molecule has 0 saturated carbocycles. The molecule has 1 aromatic heterocycles. The average molecular weight is 367 g/mol. The number of likely N-dealkylation sites (tertiary alicyclic amines) is 1. The van der Waals surface area contributed by atoms with Gasteiger partial charge in [0, 0.05) is 37.4 Å². The van der Waals surface area contributed by atoms with Crippen LogP contribution in [-0.2, 0) is 11.2 Å². The predicted molar refractivity (Wildman–Crippen MR) is 100 cm³/mol. The summed E-state index contributed by atoms with van der Waals surface area (Å²) in [7, 11) is 0. The highest BCUT2D eigenvalue weighted by Gasteiger charge is 2.54. The third kappa shape index (κ3) is 2.92. The highest BCUT2D eigenvalue weighted by Crippen LogP contribution is 2.46. The molecule has 142 valence electrons. The third-order valence-electron chi connectivity index (χ3n) is 6.70. The summed E-state index contributed by atoms with van der Waals surface area (Å²) in [6.45, 7) is 3.11. The van der Waals surface area contributed by atoms with Crippen molar-refractivity contribution in [2.24, 2.45) is 5.92 Å². The molecule has 4 aliphatic rings. The second kappa shape index (κ2) is 6.68. The van der Waals surface area contributed by atoms with Crippen LogP contribution in [0.3, 0.4) is 0 Å². The molecule has 2 bridgehead atoms. The number of piperidine rings is 3. The van der Waals surface area contributed by atoms with Gasteiger partial charge in [0.25, 0.3) is 5.56 Å². The standard InChI is InChI=1S/C21H25N3O3/c25-18-12-16(27-22-18)6-7-19(26)24-13-17(14-4-2-1-3-5-14)21-20(24)15-8-10-23(21)11-9-15/h1-5,12,15,17,20-21H,6-11,13H2,(H,22,25). The Kier molecular flexibility index (Phi) is 4.16. The predicted octanol–water partition coefficient (Wildman–Crippen LogP) is 1.99. The lowest BCUT2D eigenvalue weighted by Crippen LogP contribution is -2.60. The molecule has 1 N–H and O–H groups in total. The Morgan fingerprint density at radius 1 is 1.15 bits per heavy atom. The first-order valence-electron chi connectivity index (χ1n) is 9.96. The summed E-state index contributed by atoms with van der Waals surface area (Å²) in [6.07, 6.45) is 3.24. The van der Waals surface area contributed by atoms with Crippen molar-refractivity contribution >= 4 is 5.91 Å². The highest BCUT2D eigenvalue weighted by atomic mass is 16.5. The molecule has 6 heteroatoms. The fourth-order valence-corrected chi connectivity index (χ4v) is 5.52. The zero-order chi connectivity index (χ0) is 18.4. The minimum Gasteiger partial charge on any atom is -0.384 e. The topological polar surface area (TPSA) is 69.5 Å². The van der Waals surface area contributed by atoms with Crippen LogP contribution in [-0.4, -0.2) is 52.6 Å². The van der Waals surface area contributed by atoms with Gasteiger partial charge in [-0.15, -0.1) is 0 Å². The van der Waals surface area contributed by atoms with Gasteiger partial charge in [-0.3, -0.25) is 14.5 Å². The third-order valence-corrected chi connectivity index (χ3v) is 6.70. The fraction of sp³-hybridized carbons (Fsp3) is 0.524. The van der Waals surface area contributed by atoms with E-state index in [2.05, 4.69) is 45.3 Å². The molecule has 6 rings (SSSR count). The zero-order valence-electron chi connectivity index (χ0n) is 15.3. The molecule has 4 aliphatic heterocycles. The largest absolute Gasteiger partial charge is 0.384 e. The van der Waals surface area contributed by atoms with Crippen molar-refractivity contribution in [1.29, 1.82) is 0 Å². The van der Waals surface area contributed by atoms with E-state index in [1.807, 2.05) is 0 Å². The van der Waals surface area contributed by atoms with E-state index in [4.69, 9.17) is 4.52 Å². The fourth-order valence-electron chi connectivity index (χ4n) is 5.52. The van der Waals surface area contributed by atoms with Gasteiger partial charge in [-0.2, -0.15) is 5.16 Å². The van der Waals surface area contributed by atoms with Crippen molar-refractivity contribution in [2.45, 2.75) is 43.7 Å². The molecule has 3 atom stereocenters.